The van der Waals surface area contributed by atoms with Crippen LogP contribution in [0, 0.1) is 5.92 Å². The summed E-state index contributed by atoms with van der Waals surface area (Å²) in [4.78, 5) is 24.5. The number of carbonyl (C=O) groups excluding carboxylic acids is 1. The van der Waals surface area contributed by atoms with Crippen molar-refractivity contribution in [2.24, 2.45) is 5.92 Å². The number of carboxylic acids is 1. The SMILES string of the molecule is CCCC(CNC(=O)c1sccc1SC)C(=O)O. The summed E-state index contributed by atoms with van der Waals surface area (Å²) in [6.07, 6.45) is 3.29. The molecule has 1 aromatic rings. The zero-order chi connectivity index (χ0) is 13.5. The van der Waals surface area contributed by atoms with Crippen LogP contribution in [-0.2, 0) is 4.79 Å². The molecule has 1 amide bonds. The third-order valence-corrected chi connectivity index (χ3v) is 4.37. The van der Waals surface area contributed by atoms with Crippen LogP contribution in [-0.4, -0.2) is 29.8 Å². The predicted octanol–water partition coefficient (Wildman–Crippen LogP) is 2.70. The number of hydrogen-bond donors (Lipinski definition) is 2. The van der Waals surface area contributed by atoms with Gasteiger partial charge in [0, 0.05) is 11.4 Å². The standard InChI is InChI=1S/C12H17NO3S2/c1-3-4-8(12(15)16)7-13-11(14)10-9(17-2)5-6-18-10/h5-6,8H,3-4,7H2,1-2H3,(H,13,14)(H,15,16). The molecule has 1 rings (SSSR count). The van der Waals surface area contributed by atoms with Crippen molar-refractivity contribution in [1.82, 2.24) is 5.32 Å². The van der Waals surface area contributed by atoms with Gasteiger partial charge >= 0.3 is 5.97 Å². The van der Waals surface area contributed by atoms with E-state index in [1.54, 1.807) is 0 Å². The fourth-order valence-electron chi connectivity index (χ4n) is 1.58. The number of rotatable bonds is 7. The number of aliphatic carboxylic acids is 1. The van der Waals surface area contributed by atoms with E-state index in [1.165, 1.54) is 23.1 Å². The van der Waals surface area contributed by atoms with Gasteiger partial charge in [0.05, 0.1) is 5.92 Å². The summed E-state index contributed by atoms with van der Waals surface area (Å²) in [6.45, 7) is 2.12. The van der Waals surface area contributed by atoms with Crippen molar-refractivity contribution in [3.8, 4) is 0 Å². The Morgan fingerprint density at radius 2 is 2.28 bits per heavy atom. The van der Waals surface area contributed by atoms with Crippen LogP contribution >= 0.6 is 23.1 Å². The van der Waals surface area contributed by atoms with Crippen molar-refractivity contribution in [1.29, 1.82) is 0 Å². The minimum Gasteiger partial charge on any atom is -0.481 e. The highest BCUT2D eigenvalue weighted by molar-refractivity contribution is 7.98. The Kier molecular flexibility index (Phi) is 6.21. The molecule has 0 bridgehead atoms. The second-order valence-electron chi connectivity index (χ2n) is 3.85. The summed E-state index contributed by atoms with van der Waals surface area (Å²) in [7, 11) is 0. The molecular weight excluding hydrogens is 270 g/mol. The van der Waals surface area contributed by atoms with Gasteiger partial charge in [-0.3, -0.25) is 9.59 Å². The van der Waals surface area contributed by atoms with Gasteiger partial charge in [0.1, 0.15) is 4.88 Å². The maximum atomic E-state index is 11.9. The van der Waals surface area contributed by atoms with Crippen molar-refractivity contribution in [2.75, 3.05) is 12.8 Å². The molecule has 0 radical (unpaired) electrons. The molecule has 6 heteroatoms. The van der Waals surface area contributed by atoms with E-state index < -0.39 is 11.9 Å². The number of hydrogen-bond acceptors (Lipinski definition) is 4. The van der Waals surface area contributed by atoms with Gasteiger partial charge in [-0.15, -0.1) is 23.1 Å². The van der Waals surface area contributed by atoms with Crippen molar-refractivity contribution in [2.45, 2.75) is 24.7 Å². The van der Waals surface area contributed by atoms with Crippen LogP contribution in [0.4, 0.5) is 0 Å². The minimum absolute atomic E-state index is 0.184. The summed E-state index contributed by atoms with van der Waals surface area (Å²) in [5.41, 5.74) is 0. The Morgan fingerprint density at radius 1 is 1.56 bits per heavy atom. The lowest BCUT2D eigenvalue weighted by Crippen LogP contribution is -2.32. The van der Waals surface area contributed by atoms with E-state index in [0.717, 1.165) is 11.3 Å². The third kappa shape index (κ3) is 4.03. The monoisotopic (exact) mass is 287 g/mol. The van der Waals surface area contributed by atoms with Gasteiger partial charge in [0.2, 0.25) is 0 Å². The minimum atomic E-state index is -0.853. The number of amides is 1. The van der Waals surface area contributed by atoms with E-state index in [4.69, 9.17) is 5.11 Å². The van der Waals surface area contributed by atoms with Crippen molar-refractivity contribution in [3.05, 3.63) is 16.3 Å². The Labute approximate surface area is 115 Å². The van der Waals surface area contributed by atoms with Gasteiger partial charge in [-0.1, -0.05) is 13.3 Å². The van der Waals surface area contributed by atoms with Crippen LogP contribution < -0.4 is 5.32 Å². The van der Waals surface area contributed by atoms with Crippen molar-refractivity contribution in [3.63, 3.8) is 0 Å². The number of carboxylic acid groups (broad SMARTS) is 1. The zero-order valence-corrected chi connectivity index (χ0v) is 12.1. The largest absolute Gasteiger partial charge is 0.481 e. The van der Waals surface area contributed by atoms with E-state index in [-0.39, 0.29) is 12.5 Å². The normalized spacial score (nSPS) is 12.1. The van der Waals surface area contributed by atoms with E-state index in [1.807, 2.05) is 24.6 Å². The fourth-order valence-corrected chi connectivity index (χ4v) is 3.25. The number of thioether (sulfide) groups is 1. The molecule has 1 heterocycles. The molecule has 1 aromatic heterocycles. The smallest absolute Gasteiger partial charge is 0.308 e. The maximum Gasteiger partial charge on any atom is 0.308 e. The Bertz CT molecular complexity index is 417. The van der Waals surface area contributed by atoms with E-state index >= 15 is 0 Å². The van der Waals surface area contributed by atoms with Crippen LogP contribution in [0.15, 0.2) is 16.3 Å². The van der Waals surface area contributed by atoms with Gasteiger partial charge in [0.15, 0.2) is 0 Å². The predicted molar refractivity (Wildman–Crippen MR) is 74.5 cm³/mol. The van der Waals surface area contributed by atoms with Crippen LogP contribution in [0.3, 0.4) is 0 Å². The first-order valence-electron chi connectivity index (χ1n) is 5.72. The van der Waals surface area contributed by atoms with Crippen LogP contribution in [0.2, 0.25) is 0 Å². The summed E-state index contributed by atoms with van der Waals surface area (Å²) >= 11 is 2.89. The summed E-state index contributed by atoms with van der Waals surface area (Å²) in [5.74, 6) is -1.54. The quantitative estimate of drug-likeness (QED) is 0.757. The topological polar surface area (TPSA) is 66.4 Å². The van der Waals surface area contributed by atoms with Gasteiger partial charge < -0.3 is 10.4 Å². The Balaban J connectivity index is 2.57. The molecular formula is C12H17NO3S2. The molecule has 18 heavy (non-hydrogen) atoms. The van der Waals surface area contributed by atoms with Crippen LogP contribution in [0.25, 0.3) is 0 Å². The molecule has 0 saturated carbocycles. The van der Waals surface area contributed by atoms with E-state index in [9.17, 15) is 9.59 Å². The number of thiophene rings is 1. The highest BCUT2D eigenvalue weighted by atomic mass is 32.2. The first kappa shape index (κ1) is 15.0. The Morgan fingerprint density at radius 3 is 2.83 bits per heavy atom. The lowest BCUT2D eigenvalue weighted by Gasteiger charge is -2.12. The summed E-state index contributed by atoms with van der Waals surface area (Å²) < 4.78 is 0. The van der Waals surface area contributed by atoms with Crippen molar-refractivity contribution >= 4 is 35.0 Å². The summed E-state index contributed by atoms with van der Waals surface area (Å²) in [6, 6.07) is 1.89. The van der Waals surface area contributed by atoms with Gasteiger partial charge in [-0.2, -0.15) is 0 Å². The first-order valence-corrected chi connectivity index (χ1v) is 7.83. The molecule has 4 nitrogen and oxygen atoms in total. The molecule has 0 aliphatic rings. The second-order valence-corrected chi connectivity index (χ2v) is 5.62. The summed E-state index contributed by atoms with van der Waals surface area (Å²) in [5, 5.41) is 13.6. The van der Waals surface area contributed by atoms with Gasteiger partial charge in [0.25, 0.3) is 5.91 Å². The Hall–Kier alpha value is -1.01. The molecule has 1 atom stereocenters. The van der Waals surface area contributed by atoms with Gasteiger partial charge in [-0.25, -0.2) is 0 Å². The number of nitrogens with one attached hydrogen (secondary N) is 1. The molecule has 0 saturated heterocycles. The average Bonchev–Trinajstić information content (AvgIpc) is 2.81. The molecule has 0 aliphatic carbocycles. The molecule has 0 aromatic carbocycles. The third-order valence-electron chi connectivity index (χ3n) is 2.55. The zero-order valence-electron chi connectivity index (χ0n) is 10.4. The van der Waals surface area contributed by atoms with Gasteiger partial charge in [-0.05, 0) is 24.1 Å². The van der Waals surface area contributed by atoms with E-state index in [2.05, 4.69) is 5.32 Å². The second kappa shape index (κ2) is 7.43. The molecule has 0 fully saturated rings. The fraction of sp³-hybridized carbons (Fsp3) is 0.500. The number of carbonyl (C=O) groups is 2. The van der Waals surface area contributed by atoms with Crippen LogP contribution in [0.5, 0.6) is 0 Å². The lowest BCUT2D eigenvalue weighted by atomic mass is 10.0. The highest BCUT2D eigenvalue weighted by Gasteiger charge is 2.19. The molecule has 0 aliphatic heterocycles. The average molecular weight is 287 g/mol. The van der Waals surface area contributed by atoms with Crippen molar-refractivity contribution < 1.29 is 14.7 Å². The lowest BCUT2D eigenvalue weighted by molar-refractivity contribution is -0.141. The molecule has 2 N–H and O–H groups in total. The van der Waals surface area contributed by atoms with Crippen LogP contribution in [0.1, 0.15) is 29.4 Å². The molecule has 0 spiro atoms. The maximum absolute atomic E-state index is 11.9. The molecule has 100 valence electrons. The van der Waals surface area contributed by atoms with E-state index in [0.29, 0.717) is 11.3 Å². The first-order chi connectivity index (χ1) is 8.60. The highest BCUT2D eigenvalue weighted by Crippen LogP contribution is 2.25. The molecule has 1 unspecified atom stereocenters.